The minimum atomic E-state index is -0.0654. The van der Waals surface area contributed by atoms with Gasteiger partial charge in [0, 0.05) is 5.41 Å². The van der Waals surface area contributed by atoms with Crippen LogP contribution >= 0.6 is 0 Å². The molecule has 4 rings (SSSR count). The van der Waals surface area contributed by atoms with Gasteiger partial charge in [0.05, 0.1) is 0 Å². The van der Waals surface area contributed by atoms with Crippen LogP contribution in [0.4, 0.5) is 0 Å². The van der Waals surface area contributed by atoms with Gasteiger partial charge in [-0.1, -0.05) is 65.8 Å². The number of phenolic OH excluding ortho intramolecular Hbond substituents is 2. The summed E-state index contributed by atoms with van der Waals surface area (Å²) in [7, 11) is 0. The van der Waals surface area contributed by atoms with E-state index in [1.165, 1.54) is 22.3 Å². The first-order valence-electron chi connectivity index (χ1n) is 9.34. The molecule has 2 nitrogen and oxygen atoms in total. The molecule has 134 valence electrons. The van der Waals surface area contributed by atoms with Crippen LogP contribution < -0.4 is 0 Å². The van der Waals surface area contributed by atoms with Crippen molar-refractivity contribution in [2.24, 2.45) is 0 Å². The summed E-state index contributed by atoms with van der Waals surface area (Å²) in [5, 5.41) is 20.1. The molecule has 0 unspecified atom stereocenters. The molecule has 0 aromatic heterocycles. The Morgan fingerprint density at radius 3 is 1.68 bits per heavy atom. The summed E-state index contributed by atoms with van der Waals surface area (Å²) in [4.78, 5) is 0. The maximum absolute atomic E-state index is 10.1. The third kappa shape index (κ3) is 2.38. The molecule has 2 aromatic rings. The van der Waals surface area contributed by atoms with Crippen LogP contribution in [0.15, 0.2) is 36.4 Å². The first-order chi connectivity index (χ1) is 11.7. The van der Waals surface area contributed by atoms with Gasteiger partial charge in [0.25, 0.3) is 0 Å². The SMILES string of the molecule is CC.CC1(C)C[C@]2(CC(C)(C)c3cc(O)c(O)cc32)c2ccccc21. The standard InChI is InChI=1S/C21H24O2.C2H6/c1-19(2)11-21(14-8-6-5-7-13(14)19)12-20(3,4)15-9-17(22)18(23)10-16(15)21;1-2/h5-10,22-23H,11-12H2,1-4H3;1-2H3/t21-;/m0./s1. The van der Waals surface area contributed by atoms with Gasteiger partial charge in [-0.05, 0) is 58.1 Å². The summed E-state index contributed by atoms with van der Waals surface area (Å²) in [6.07, 6.45) is 2.05. The van der Waals surface area contributed by atoms with Gasteiger partial charge in [0.2, 0.25) is 0 Å². The number of phenols is 2. The minimum absolute atomic E-state index is 0.0111. The average Bonchev–Trinajstić information content (AvgIpc) is 2.91. The van der Waals surface area contributed by atoms with Crippen LogP contribution in [0.2, 0.25) is 0 Å². The van der Waals surface area contributed by atoms with Crippen molar-refractivity contribution in [3.63, 3.8) is 0 Å². The Morgan fingerprint density at radius 2 is 1.12 bits per heavy atom. The first-order valence-corrected chi connectivity index (χ1v) is 9.34. The monoisotopic (exact) mass is 338 g/mol. The molecule has 2 N–H and O–H groups in total. The summed E-state index contributed by atoms with van der Waals surface area (Å²) in [6, 6.07) is 12.3. The number of hydrogen-bond donors (Lipinski definition) is 2. The second kappa shape index (κ2) is 5.52. The molecule has 0 amide bonds. The van der Waals surface area contributed by atoms with Gasteiger partial charge >= 0.3 is 0 Å². The summed E-state index contributed by atoms with van der Waals surface area (Å²) < 4.78 is 0. The highest BCUT2D eigenvalue weighted by Gasteiger charge is 2.56. The number of benzene rings is 2. The fourth-order valence-electron chi connectivity index (χ4n) is 5.31. The van der Waals surface area contributed by atoms with Gasteiger partial charge in [-0.3, -0.25) is 0 Å². The lowest BCUT2D eigenvalue weighted by molar-refractivity contribution is 0.349. The van der Waals surface area contributed by atoms with Crippen LogP contribution in [-0.4, -0.2) is 10.2 Å². The van der Waals surface area contributed by atoms with Crippen LogP contribution in [0.25, 0.3) is 0 Å². The molecule has 2 aliphatic carbocycles. The minimum Gasteiger partial charge on any atom is -0.504 e. The lowest BCUT2D eigenvalue weighted by atomic mass is 9.72. The molecule has 0 aliphatic heterocycles. The Morgan fingerprint density at radius 1 is 0.680 bits per heavy atom. The van der Waals surface area contributed by atoms with Crippen molar-refractivity contribution in [2.75, 3.05) is 0 Å². The molecular weight excluding hydrogens is 308 g/mol. The zero-order valence-electron chi connectivity index (χ0n) is 16.3. The van der Waals surface area contributed by atoms with Gasteiger partial charge in [0.1, 0.15) is 0 Å². The molecule has 0 fully saturated rings. The van der Waals surface area contributed by atoms with Crippen LogP contribution in [0.3, 0.4) is 0 Å². The molecule has 2 aromatic carbocycles. The Labute approximate surface area is 151 Å². The van der Waals surface area contributed by atoms with E-state index in [0.29, 0.717) is 0 Å². The molecule has 0 saturated heterocycles. The highest BCUT2D eigenvalue weighted by atomic mass is 16.3. The maximum atomic E-state index is 10.1. The fraction of sp³-hybridized carbons (Fsp3) is 0.478. The van der Waals surface area contributed by atoms with Crippen LogP contribution in [-0.2, 0) is 16.2 Å². The van der Waals surface area contributed by atoms with Crippen molar-refractivity contribution in [3.8, 4) is 11.5 Å². The van der Waals surface area contributed by atoms with E-state index in [1.54, 1.807) is 12.1 Å². The maximum Gasteiger partial charge on any atom is 0.157 e. The zero-order chi connectivity index (χ0) is 18.6. The quantitative estimate of drug-likeness (QED) is 0.598. The smallest absolute Gasteiger partial charge is 0.157 e. The van der Waals surface area contributed by atoms with E-state index in [1.807, 2.05) is 13.8 Å². The lowest BCUT2D eigenvalue weighted by Gasteiger charge is -2.30. The predicted octanol–water partition coefficient (Wildman–Crippen LogP) is 5.77. The summed E-state index contributed by atoms with van der Waals surface area (Å²) in [5.74, 6) is -0.0255. The molecular formula is C23H30O2. The highest BCUT2D eigenvalue weighted by molar-refractivity contribution is 5.62. The lowest BCUT2D eigenvalue weighted by Crippen LogP contribution is -2.26. The normalized spacial score (nSPS) is 24.4. The largest absolute Gasteiger partial charge is 0.504 e. The summed E-state index contributed by atoms with van der Waals surface area (Å²) in [6.45, 7) is 13.1. The third-order valence-corrected chi connectivity index (χ3v) is 6.02. The molecule has 0 bridgehead atoms. The molecule has 0 heterocycles. The van der Waals surface area contributed by atoms with Crippen LogP contribution in [0.5, 0.6) is 11.5 Å². The van der Waals surface area contributed by atoms with Crippen LogP contribution in [0, 0.1) is 0 Å². The molecule has 0 saturated carbocycles. The van der Waals surface area contributed by atoms with Gasteiger partial charge in [-0.25, -0.2) is 0 Å². The Kier molecular flexibility index (Phi) is 3.94. The Balaban J connectivity index is 0.000000880. The average molecular weight is 338 g/mol. The van der Waals surface area contributed by atoms with E-state index in [2.05, 4.69) is 52.0 Å². The number of hydrogen-bond acceptors (Lipinski definition) is 2. The molecule has 0 radical (unpaired) electrons. The van der Waals surface area contributed by atoms with E-state index in [4.69, 9.17) is 0 Å². The van der Waals surface area contributed by atoms with Crippen molar-refractivity contribution in [3.05, 3.63) is 58.7 Å². The van der Waals surface area contributed by atoms with E-state index < -0.39 is 0 Å². The third-order valence-electron chi connectivity index (χ3n) is 6.02. The van der Waals surface area contributed by atoms with Gasteiger partial charge < -0.3 is 10.2 Å². The molecule has 2 aliphatic rings. The van der Waals surface area contributed by atoms with E-state index in [-0.39, 0.29) is 27.7 Å². The van der Waals surface area contributed by atoms with Crippen molar-refractivity contribution in [1.82, 2.24) is 0 Å². The molecule has 1 spiro atoms. The fourth-order valence-corrected chi connectivity index (χ4v) is 5.31. The first kappa shape index (κ1) is 17.8. The molecule has 2 heteroatoms. The van der Waals surface area contributed by atoms with Crippen LogP contribution in [0.1, 0.15) is 76.6 Å². The molecule has 25 heavy (non-hydrogen) atoms. The highest BCUT2D eigenvalue weighted by Crippen LogP contribution is 2.63. The van der Waals surface area contributed by atoms with Crippen molar-refractivity contribution in [2.45, 2.75) is 70.6 Å². The Hall–Kier alpha value is -1.96. The summed E-state index contributed by atoms with van der Waals surface area (Å²) in [5.41, 5.74) is 5.19. The van der Waals surface area contributed by atoms with Crippen molar-refractivity contribution >= 4 is 0 Å². The predicted molar refractivity (Wildman–Crippen MR) is 104 cm³/mol. The topological polar surface area (TPSA) is 40.5 Å². The zero-order valence-corrected chi connectivity index (χ0v) is 16.3. The van der Waals surface area contributed by atoms with E-state index in [9.17, 15) is 10.2 Å². The van der Waals surface area contributed by atoms with Gasteiger partial charge in [0.15, 0.2) is 11.5 Å². The van der Waals surface area contributed by atoms with Crippen molar-refractivity contribution < 1.29 is 10.2 Å². The van der Waals surface area contributed by atoms with Crippen molar-refractivity contribution in [1.29, 1.82) is 0 Å². The Bertz CT molecular complexity index is 817. The second-order valence-corrected chi connectivity index (χ2v) is 8.64. The number of rotatable bonds is 0. The van der Waals surface area contributed by atoms with E-state index >= 15 is 0 Å². The summed E-state index contributed by atoms with van der Waals surface area (Å²) >= 11 is 0. The van der Waals surface area contributed by atoms with E-state index in [0.717, 1.165) is 12.8 Å². The molecule has 1 atom stereocenters. The van der Waals surface area contributed by atoms with Gasteiger partial charge in [-0.2, -0.15) is 0 Å². The van der Waals surface area contributed by atoms with Gasteiger partial charge in [-0.15, -0.1) is 0 Å². The number of aromatic hydroxyl groups is 2. The second-order valence-electron chi connectivity index (χ2n) is 8.64. The number of fused-ring (bicyclic) bond motifs is 4.